The fourth-order valence-corrected chi connectivity index (χ4v) is 3.32. The maximum atomic E-state index is 12.2. The van der Waals surface area contributed by atoms with Crippen LogP contribution in [-0.2, 0) is 20.9 Å². The smallest absolute Gasteiger partial charge is 0.317 e. The van der Waals surface area contributed by atoms with E-state index in [1.165, 1.54) is 6.92 Å². The second-order valence-corrected chi connectivity index (χ2v) is 7.20. The topological polar surface area (TPSA) is 99.9 Å². The van der Waals surface area contributed by atoms with Gasteiger partial charge in [0.05, 0.1) is 0 Å². The summed E-state index contributed by atoms with van der Waals surface area (Å²) in [7, 11) is 0. The van der Waals surface area contributed by atoms with Crippen molar-refractivity contribution in [3.05, 3.63) is 48.0 Å². The number of benzene rings is 2. The summed E-state index contributed by atoms with van der Waals surface area (Å²) in [5.74, 6) is 0.407. The van der Waals surface area contributed by atoms with Crippen LogP contribution in [0.15, 0.2) is 52.1 Å². The van der Waals surface area contributed by atoms with Gasteiger partial charge in [0.1, 0.15) is 11.3 Å². The Hall–Kier alpha value is -3.20. The molecule has 0 aliphatic carbocycles. The van der Waals surface area contributed by atoms with E-state index >= 15 is 0 Å². The molecule has 1 N–H and O–H groups in total. The number of thioether (sulfide) groups is 1. The first-order chi connectivity index (χ1) is 14.1. The summed E-state index contributed by atoms with van der Waals surface area (Å²) in [6.07, 6.45) is -0.916. The summed E-state index contributed by atoms with van der Waals surface area (Å²) >= 11 is 1.12. The van der Waals surface area contributed by atoms with Crippen molar-refractivity contribution >= 4 is 34.7 Å². The van der Waals surface area contributed by atoms with E-state index in [0.29, 0.717) is 22.3 Å². The summed E-state index contributed by atoms with van der Waals surface area (Å²) < 4.78 is 21.3. The fourth-order valence-electron chi connectivity index (χ4n) is 2.70. The number of carbonyl (C=O) groups excluding carboxylic acids is 2. The molecule has 1 aliphatic rings. The minimum atomic E-state index is -0.916. The van der Waals surface area contributed by atoms with Crippen LogP contribution in [0.2, 0.25) is 0 Å². The van der Waals surface area contributed by atoms with E-state index in [4.69, 9.17) is 18.6 Å². The van der Waals surface area contributed by atoms with Crippen LogP contribution in [0.5, 0.6) is 11.5 Å². The average molecular weight is 414 g/mol. The number of aromatic nitrogens is 1. The zero-order valence-electron chi connectivity index (χ0n) is 15.5. The van der Waals surface area contributed by atoms with Crippen LogP contribution in [0.3, 0.4) is 0 Å². The summed E-state index contributed by atoms with van der Waals surface area (Å²) in [6.45, 7) is 2.01. The summed E-state index contributed by atoms with van der Waals surface area (Å²) in [5.41, 5.74) is 2.23. The number of hydrogen-bond acceptors (Lipinski definition) is 8. The Bertz CT molecular complexity index is 1020. The van der Waals surface area contributed by atoms with E-state index in [-0.39, 0.29) is 25.0 Å². The molecule has 1 amide bonds. The van der Waals surface area contributed by atoms with Crippen molar-refractivity contribution in [3.8, 4) is 11.5 Å². The molecule has 0 bridgehead atoms. The molecule has 2 aromatic carbocycles. The molecule has 0 fully saturated rings. The van der Waals surface area contributed by atoms with E-state index in [1.807, 2.05) is 24.3 Å². The van der Waals surface area contributed by atoms with Crippen LogP contribution >= 0.6 is 11.8 Å². The summed E-state index contributed by atoms with van der Waals surface area (Å²) in [5, 5.41) is 3.11. The van der Waals surface area contributed by atoms with Crippen molar-refractivity contribution in [3.63, 3.8) is 0 Å². The predicted molar refractivity (Wildman–Crippen MR) is 105 cm³/mol. The molecule has 1 aliphatic heterocycles. The lowest BCUT2D eigenvalue weighted by molar-refractivity contribution is -0.152. The molecule has 1 atom stereocenters. The number of fused-ring (bicyclic) bond motifs is 2. The lowest BCUT2D eigenvalue weighted by atomic mass is 10.2. The molecule has 0 radical (unpaired) electrons. The average Bonchev–Trinajstić information content (AvgIpc) is 3.36. The van der Waals surface area contributed by atoms with Crippen LogP contribution in [0.4, 0.5) is 0 Å². The Morgan fingerprint density at radius 1 is 1.21 bits per heavy atom. The molecule has 3 aromatic rings. The quantitative estimate of drug-likeness (QED) is 0.465. The molecule has 29 heavy (non-hydrogen) atoms. The number of hydrogen-bond donors (Lipinski definition) is 1. The highest BCUT2D eigenvalue weighted by Gasteiger charge is 2.19. The lowest BCUT2D eigenvalue weighted by Gasteiger charge is -2.13. The third kappa shape index (κ3) is 4.62. The molecule has 2 heterocycles. The Morgan fingerprint density at radius 3 is 2.90 bits per heavy atom. The Labute approximate surface area is 170 Å². The molecule has 150 valence electrons. The van der Waals surface area contributed by atoms with Gasteiger partial charge in [0.2, 0.25) is 6.79 Å². The zero-order valence-corrected chi connectivity index (χ0v) is 16.4. The van der Waals surface area contributed by atoms with Crippen molar-refractivity contribution < 1.29 is 28.2 Å². The molecule has 8 nitrogen and oxygen atoms in total. The number of para-hydroxylation sites is 2. The van der Waals surface area contributed by atoms with Gasteiger partial charge in [-0.05, 0) is 36.8 Å². The third-order valence-electron chi connectivity index (χ3n) is 4.17. The third-order valence-corrected chi connectivity index (χ3v) is 4.97. The van der Waals surface area contributed by atoms with E-state index in [0.717, 1.165) is 22.8 Å². The maximum absolute atomic E-state index is 12.2. The number of oxazole rings is 1. The van der Waals surface area contributed by atoms with Gasteiger partial charge in [-0.25, -0.2) is 4.98 Å². The molecule has 9 heteroatoms. The molecular weight excluding hydrogens is 396 g/mol. The largest absolute Gasteiger partial charge is 0.454 e. The van der Waals surface area contributed by atoms with Gasteiger partial charge in [-0.2, -0.15) is 0 Å². The van der Waals surface area contributed by atoms with Crippen LogP contribution < -0.4 is 14.8 Å². The van der Waals surface area contributed by atoms with Gasteiger partial charge < -0.3 is 23.9 Å². The first-order valence-corrected chi connectivity index (χ1v) is 9.91. The highest BCUT2D eigenvalue weighted by molar-refractivity contribution is 7.99. The first kappa shape index (κ1) is 19.1. The van der Waals surface area contributed by atoms with Gasteiger partial charge in [0.25, 0.3) is 11.1 Å². The Kier molecular flexibility index (Phi) is 5.57. The first-order valence-electron chi connectivity index (χ1n) is 8.92. The number of nitrogens with one attached hydrogen (secondary N) is 1. The number of ether oxygens (including phenoxy) is 3. The number of nitrogens with zero attached hydrogens (tertiary/aromatic N) is 1. The molecule has 0 saturated carbocycles. The molecule has 0 spiro atoms. The molecule has 4 rings (SSSR count). The van der Waals surface area contributed by atoms with Crippen LogP contribution in [-0.4, -0.2) is 35.5 Å². The van der Waals surface area contributed by atoms with Gasteiger partial charge in [-0.1, -0.05) is 30.0 Å². The summed E-state index contributed by atoms with van der Waals surface area (Å²) in [6, 6.07) is 12.8. The Balaban J connectivity index is 1.23. The normalized spacial score (nSPS) is 13.3. The van der Waals surface area contributed by atoms with Crippen molar-refractivity contribution in [2.45, 2.75) is 24.8 Å². The number of amides is 1. The second kappa shape index (κ2) is 8.44. The van der Waals surface area contributed by atoms with Crippen molar-refractivity contribution in [2.24, 2.45) is 0 Å². The number of rotatable bonds is 7. The Morgan fingerprint density at radius 2 is 2.03 bits per heavy atom. The van der Waals surface area contributed by atoms with Crippen molar-refractivity contribution in [2.75, 3.05) is 12.5 Å². The van der Waals surface area contributed by atoms with Gasteiger partial charge >= 0.3 is 5.97 Å². The van der Waals surface area contributed by atoms with E-state index in [9.17, 15) is 9.59 Å². The van der Waals surface area contributed by atoms with Crippen LogP contribution in [0, 0.1) is 0 Å². The van der Waals surface area contributed by atoms with E-state index in [2.05, 4.69) is 10.3 Å². The second-order valence-electron chi connectivity index (χ2n) is 6.27. The van der Waals surface area contributed by atoms with Gasteiger partial charge in [0.15, 0.2) is 23.2 Å². The fraction of sp³-hybridized carbons (Fsp3) is 0.250. The predicted octanol–water partition coefficient (Wildman–Crippen LogP) is 2.90. The number of carbonyl (C=O) groups is 2. The SMILES string of the molecule is C[C@@H](OC(=O)CSc1nc2ccccc2o1)C(=O)NCc1ccc2c(c1)OCO2. The van der Waals surface area contributed by atoms with Gasteiger partial charge in [0, 0.05) is 6.54 Å². The van der Waals surface area contributed by atoms with Crippen molar-refractivity contribution in [1.82, 2.24) is 10.3 Å². The molecule has 1 aromatic heterocycles. The molecular formula is C20H18N2O6S. The standard InChI is InChI=1S/C20H18N2O6S/c1-12(19(24)21-9-13-6-7-16-17(8-13)26-11-25-16)27-18(23)10-29-20-22-14-4-2-3-5-15(14)28-20/h2-8,12H,9-11H2,1H3,(H,21,24)/t12-/m1/s1. The minimum Gasteiger partial charge on any atom is -0.454 e. The van der Waals surface area contributed by atoms with E-state index < -0.39 is 12.1 Å². The molecule has 0 saturated heterocycles. The zero-order chi connectivity index (χ0) is 20.2. The number of esters is 1. The van der Waals surface area contributed by atoms with Gasteiger partial charge in [-0.15, -0.1) is 0 Å². The van der Waals surface area contributed by atoms with Crippen molar-refractivity contribution in [1.29, 1.82) is 0 Å². The van der Waals surface area contributed by atoms with Gasteiger partial charge in [-0.3, -0.25) is 9.59 Å². The molecule has 0 unspecified atom stereocenters. The highest BCUT2D eigenvalue weighted by Crippen LogP contribution is 2.32. The summed E-state index contributed by atoms with van der Waals surface area (Å²) in [4.78, 5) is 28.5. The highest BCUT2D eigenvalue weighted by atomic mass is 32.2. The lowest BCUT2D eigenvalue weighted by Crippen LogP contribution is -2.35. The van der Waals surface area contributed by atoms with E-state index in [1.54, 1.807) is 18.2 Å². The monoisotopic (exact) mass is 414 g/mol. The van der Waals surface area contributed by atoms with Crippen LogP contribution in [0.1, 0.15) is 12.5 Å². The van der Waals surface area contributed by atoms with Crippen LogP contribution in [0.25, 0.3) is 11.1 Å². The maximum Gasteiger partial charge on any atom is 0.317 e. The minimum absolute atomic E-state index is 0.00734.